The SMILES string of the molecule is N#Cc1n[nH]c2c3c(c(NC(=O)c4cc(F)cc(C(F)(F)F)c4)cc12)C(O)(c1cc(F)ccc1Cl)NC3=O. The normalized spacial score (nSPS) is 16.7. The Kier molecular flexibility index (Phi) is 5.62. The number of aromatic nitrogens is 2. The number of nitrogens with zero attached hydrogens (tertiary/aromatic N) is 2. The predicted molar refractivity (Wildman–Crippen MR) is 122 cm³/mol. The van der Waals surface area contributed by atoms with Gasteiger partial charge in [0.2, 0.25) is 0 Å². The number of aliphatic hydroxyl groups is 1. The average molecular weight is 548 g/mol. The smallest absolute Gasteiger partial charge is 0.363 e. The van der Waals surface area contributed by atoms with Gasteiger partial charge in [0.25, 0.3) is 11.8 Å². The highest BCUT2D eigenvalue weighted by molar-refractivity contribution is 6.31. The van der Waals surface area contributed by atoms with Gasteiger partial charge in [0.05, 0.1) is 22.3 Å². The molecule has 1 unspecified atom stereocenters. The van der Waals surface area contributed by atoms with Crippen LogP contribution in [0, 0.1) is 23.0 Å². The molecule has 0 radical (unpaired) electrons. The lowest BCUT2D eigenvalue weighted by Crippen LogP contribution is -2.41. The van der Waals surface area contributed by atoms with Crippen LogP contribution < -0.4 is 10.6 Å². The number of alkyl halides is 3. The van der Waals surface area contributed by atoms with E-state index >= 15 is 0 Å². The van der Waals surface area contributed by atoms with E-state index in [0.29, 0.717) is 12.1 Å². The van der Waals surface area contributed by atoms with Crippen LogP contribution in [-0.2, 0) is 11.9 Å². The lowest BCUT2D eigenvalue weighted by Gasteiger charge is -2.27. The molecule has 0 bridgehead atoms. The Morgan fingerprint density at radius 2 is 1.87 bits per heavy atom. The Hall–Kier alpha value is -4.54. The standard InChI is InChI=1S/C24H11ClF5N5O3/c25-15-2-1-11(26)6-14(15)23(38)19-16(7-13-17(8-31)34-35-20(13)18(19)22(37)33-23)32-21(36)9-3-10(24(28,29)30)5-12(27)4-9/h1-7,38H,(H,32,36)(H,33,37)(H,34,35). The Labute approximate surface area is 213 Å². The van der Waals surface area contributed by atoms with E-state index in [2.05, 4.69) is 20.8 Å². The van der Waals surface area contributed by atoms with Crippen molar-refractivity contribution in [2.75, 3.05) is 5.32 Å². The van der Waals surface area contributed by atoms with Gasteiger partial charge in [-0.25, -0.2) is 8.78 Å². The number of aromatic amines is 1. The van der Waals surface area contributed by atoms with Crippen LogP contribution in [0.4, 0.5) is 27.6 Å². The summed E-state index contributed by atoms with van der Waals surface area (Å²) in [5, 5.41) is 31.7. The summed E-state index contributed by atoms with van der Waals surface area (Å²) in [5.41, 5.74) is -6.30. The molecule has 0 aliphatic carbocycles. The van der Waals surface area contributed by atoms with Crippen LogP contribution in [0.25, 0.3) is 10.9 Å². The Morgan fingerprint density at radius 1 is 1.13 bits per heavy atom. The van der Waals surface area contributed by atoms with Crippen molar-refractivity contribution in [3.63, 3.8) is 0 Å². The maximum atomic E-state index is 14.1. The maximum Gasteiger partial charge on any atom is 0.416 e. The summed E-state index contributed by atoms with van der Waals surface area (Å²) >= 11 is 6.18. The Balaban J connectivity index is 1.74. The number of nitriles is 1. The van der Waals surface area contributed by atoms with E-state index in [1.807, 2.05) is 0 Å². The van der Waals surface area contributed by atoms with Crippen LogP contribution in [0.3, 0.4) is 0 Å². The van der Waals surface area contributed by atoms with Gasteiger partial charge in [0, 0.05) is 27.1 Å². The van der Waals surface area contributed by atoms with Gasteiger partial charge in [-0.15, -0.1) is 0 Å². The van der Waals surface area contributed by atoms with Crippen molar-refractivity contribution < 1.29 is 36.6 Å². The maximum absolute atomic E-state index is 14.1. The van der Waals surface area contributed by atoms with Crippen LogP contribution >= 0.6 is 11.6 Å². The minimum absolute atomic E-state index is 0.0153. The summed E-state index contributed by atoms with van der Waals surface area (Å²) in [6.07, 6.45) is -4.96. The number of amides is 2. The van der Waals surface area contributed by atoms with Crippen LogP contribution in [0.1, 0.15) is 43.1 Å². The molecule has 1 aliphatic heterocycles. The van der Waals surface area contributed by atoms with E-state index < -0.39 is 46.5 Å². The quantitative estimate of drug-likeness (QED) is 0.279. The zero-order chi connectivity index (χ0) is 27.6. The van der Waals surface area contributed by atoms with Gasteiger partial charge in [-0.2, -0.15) is 23.5 Å². The second-order valence-corrected chi connectivity index (χ2v) is 8.66. The third-order valence-electron chi connectivity index (χ3n) is 5.90. The van der Waals surface area contributed by atoms with Crippen LogP contribution in [0.5, 0.6) is 0 Å². The molecule has 14 heteroatoms. The molecule has 4 aromatic rings. The van der Waals surface area contributed by atoms with Crippen molar-refractivity contribution in [1.82, 2.24) is 15.5 Å². The van der Waals surface area contributed by atoms with E-state index in [-0.39, 0.29) is 50.1 Å². The predicted octanol–water partition coefficient (Wildman–Crippen LogP) is 4.57. The number of rotatable bonds is 3. The molecule has 8 nitrogen and oxygen atoms in total. The molecule has 5 rings (SSSR count). The summed E-state index contributed by atoms with van der Waals surface area (Å²) in [6, 6.07) is 7.03. The van der Waals surface area contributed by atoms with Gasteiger partial charge in [0.1, 0.15) is 17.7 Å². The highest BCUT2D eigenvalue weighted by Gasteiger charge is 2.48. The summed E-state index contributed by atoms with van der Waals surface area (Å²) in [4.78, 5) is 26.1. The van der Waals surface area contributed by atoms with Gasteiger partial charge in [-0.05, 0) is 42.5 Å². The number of hydrogen-bond acceptors (Lipinski definition) is 5. The number of nitrogens with one attached hydrogen (secondary N) is 3. The van der Waals surface area contributed by atoms with Crippen molar-refractivity contribution in [3.05, 3.63) is 92.6 Å². The van der Waals surface area contributed by atoms with Crippen molar-refractivity contribution in [1.29, 1.82) is 5.26 Å². The third kappa shape index (κ3) is 3.90. The first kappa shape index (κ1) is 25.1. The Bertz CT molecular complexity index is 1730. The molecule has 0 fully saturated rings. The lowest BCUT2D eigenvalue weighted by atomic mass is 9.91. The first-order chi connectivity index (χ1) is 17.8. The fourth-order valence-electron chi connectivity index (χ4n) is 4.29. The second-order valence-electron chi connectivity index (χ2n) is 8.25. The molecule has 2 heterocycles. The van der Waals surface area contributed by atoms with Gasteiger partial charge in [-0.3, -0.25) is 14.7 Å². The van der Waals surface area contributed by atoms with E-state index in [1.54, 1.807) is 6.07 Å². The molecule has 38 heavy (non-hydrogen) atoms. The molecule has 0 spiro atoms. The number of halogens is 6. The van der Waals surface area contributed by atoms with E-state index in [4.69, 9.17) is 11.6 Å². The molecule has 3 aromatic carbocycles. The molecular weight excluding hydrogens is 537 g/mol. The summed E-state index contributed by atoms with van der Waals surface area (Å²) in [5.74, 6) is -4.35. The summed E-state index contributed by atoms with van der Waals surface area (Å²) in [6.45, 7) is 0. The van der Waals surface area contributed by atoms with Crippen molar-refractivity contribution >= 4 is 40.0 Å². The number of fused-ring (bicyclic) bond motifs is 3. The van der Waals surface area contributed by atoms with Crippen LogP contribution in [-0.4, -0.2) is 27.1 Å². The number of carbonyl (C=O) groups is 2. The van der Waals surface area contributed by atoms with Crippen molar-refractivity contribution in [2.24, 2.45) is 0 Å². The number of H-pyrrole nitrogens is 1. The molecule has 4 N–H and O–H groups in total. The van der Waals surface area contributed by atoms with Crippen LogP contribution in [0.2, 0.25) is 5.02 Å². The lowest BCUT2D eigenvalue weighted by molar-refractivity contribution is -0.137. The van der Waals surface area contributed by atoms with Gasteiger partial charge < -0.3 is 15.7 Å². The van der Waals surface area contributed by atoms with Gasteiger partial charge in [-0.1, -0.05) is 11.6 Å². The van der Waals surface area contributed by atoms with E-state index in [0.717, 1.165) is 24.3 Å². The topological polar surface area (TPSA) is 131 Å². The van der Waals surface area contributed by atoms with Crippen molar-refractivity contribution in [3.8, 4) is 6.07 Å². The molecule has 2 amide bonds. The molecular formula is C24H11ClF5N5O3. The van der Waals surface area contributed by atoms with Crippen molar-refractivity contribution in [2.45, 2.75) is 11.9 Å². The molecule has 192 valence electrons. The van der Waals surface area contributed by atoms with Gasteiger partial charge in [0.15, 0.2) is 11.4 Å². The highest BCUT2D eigenvalue weighted by Crippen LogP contribution is 2.45. The molecule has 1 aliphatic rings. The minimum Gasteiger partial charge on any atom is -0.363 e. The monoisotopic (exact) mass is 547 g/mol. The number of benzene rings is 3. The first-order valence-corrected chi connectivity index (χ1v) is 10.9. The molecule has 0 saturated heterocycles. The summed E-state index contributed by atoms with van der Waals surface area (Å²) < 4.78 is 67.6. The fourth-order valence-corrected chi connectivity index (χ4v) is 4.54. The number of hydrogen-bond donors (Lipinski definition) is 4. The number of carbonyl (C=O) groups excluding carboxylic acids is 2. The minimum atomic E-state index is -4.96. The zero-order valence-electron chi connectivity index (χ0n) is 18.5. The molecule has 1 aromatic heterocycles. The van der Waals surface area contributed by atoms with Gasteiger partial charge >= 0.3 is 6.18 Å². The largest absolute Gasteiger partial charge is 0.416 e. The Morgan fingerprint density at radius 3 is 2.55 bits per heavy atom. The fraction of sp³-hybridized carbons (Fsp3) is 0.0833. The van der Waals surface area contributed by atoms with E-state index in [9.17, 15) is 41.9 Å². The molecule has 1 atom stereocenters. The zero-order valence-corrected chi connectivity index (χ0v) is 19.2. The summed E-state index contributed by atoms with van der Waals surface area (Å²) in [7, 11) is 0. The third-order valence-corrected chi connectivity index (χ3v) is 6.23. The average Bonchev–Trinajstić information content (AvgIpc) is 3.37. The molecule has 0 saturated carbocycles. The van der Waals surface area contributed by atoms with E-state index in [1.165, 1.54) is 0 Å². The van der Waals surface area contributed by atoms with Crippen LogP contribution in [0.15, 0.2) is 42.5 Å². The second kappa shape index (κ2) is 8.51. The number of anilines is 1. The highest BCUT2D eigenvalue weighted by atomic mass is 35.5. The first-order valence-electron chi connectivity index (χ1n) is 10.5.